The Morgan fingerprint density at radius 3 is 2.35 bits per heavy atom. The standard InChI is InChI=1S/C21H23N3O2/c1-3-24(4-2)19-10-8-18(9-11-19)23-21(25)14-7-17-5-12-20(13-6-17)26-16-15-22/h5-14H,3-4,16H2,1-2H3,(H,23,25)/b14-7+. The Labute approximate surface area is 154 Å². The average Bonchev–Trinajstić information content (AvgIpc) is 2.68. The van der Waals surface area contributed by atoms with Gasteiger partial charge in [0.25, 0.3) is 0 Å². The Balaban J connectivity index is 1.91. The quantitative estimate of drug-likeness (QED) is 0.729. The Morgan fingerprint density at radius 2 is 1.77 bits per heavy atom. The summed E-state index contributed by atoms with van der Waals surface area (Å²) in [7, 11) is 0. The lowest BCUT2D eigenvalue weighted by Crippen LogP contribution is -2.21. The summed E-state index contributed by atoms with van der Waals surface area (Å²) in [6.45, 7) is 6.15. The highest BCUT2D eigenvalue weighted by atomic mass is 16.5. The highest BCUT2D eigenvalue weighted by molar-refractivity contribution is 6.02. The van der Waals surface area contributed by atoms with Gasteiger partial charge in [0.05, 0.1) is 0 Å². The lowest BCUT2D eigenvalue weighted by Gasteiger charge is -2.21. The monoisotopic (exact) mass is 349 g/mol. The van der Waals surface area contributed by atoms with E-state index in [1.165, 1.54) is 6.08 Å². The number of carbonyl (C=O) groups is 1. The van der Waals surface area contributed by atoms with Crippen LogP contribution in [0.1, 0.15) is 19.4 Å². The minimum Gasteiger partial charge on any atom is -0.479 e. The first-order chi connectivity index (χ1) is 12.7. The number of nitrogens with zero attached hydrogens (tertiary/aromatic N) is 2. The number of nitriles is 1. The maximum absolute atomic E-state index is 12.1. The molecule has 2 aromatic rings. The Morgan fingerprint density at radius 1 is 1.12 bits per heavy atom. The molecule has 5 nitrogen and oxygen atoms in total. The number of nitrogens with one attached hydrogen (secondary N) is 1. The van der Waals surface area contributed by atoms with Crippen LogP contribution < -0.4 is 15.0 Å². The van der Waals surface area contributed by atoms with Gasteiger partial charge in [-0.15, -0.1) is 0 Å². The Bertz CT molecular complexity index is 770. The van der Waals surface area contributed by atoms with Crippen molar-refractivity contribution in [1.82, 2.24) is 0 Å². The molecular weight excluding hydrogens is 326 g/mol. The van der Waals surface area contributed by atoms with E-state index in [-0.39, 0.29) is 12.5 Å². The molecular formula is C21H23N3O2. The first-order valence-corrected chi connectivity index (χ1v) is 8.60. The largest absolute Gasteiger partial charge is 0.479 e. The fourth-order valence-corrected chi connectivity index (χ4v) is 2.49. The van der Waals surface area contributed by atoms with E-state index in [2.05, 4.69) is 24.1 Å². The first-order valence-electron chi connectivity index (χ1n) is 8.60. The minimum absolute atomic E-state index is 0.0185. The van der Waals surface area contributed by atoms with Crippen LogP contribution in [0.4, 0.5) is 11.4 Å². The van der Waals surface area contributed by atoms with Gasteiger partial charge in [0.2, 0.25) is 5.91 Å². The normalized spacial score (nSPS) is 10.3. The third-order valence-electron chi connectivity index (χ3n) is 3.87. The second kappa shape index (κ2) is 9.90. The van der Waals surface area contributed by atoms with E-state index >= 15 is 0 Å². The number of hydrogen-bond acceptors (Lipinski definition) is 4. The van der Waals surface area contributed by atoms with Crippen LogP contribution in [0.3, 0.4) is 0 Å². The van der Waals surface area contributed by atoms with Gasteiger partial charge < -0.3 is 15.0 Å². The van der Waals surface area contributed by atoms with Crippen molar-refractivity contribution in [3.05, 3.63) is 60.2 Å². The van der Waals surface area contributed by atoms with Crippen molar-refractivity contribution in [3.8, 4) is 11.8 Å². The molecule has 1 amide bonds. The first kappa shape index (κ1) is 19.1. The van der Waals surface area contributed by atoms with Crippen molar-refractivity contribution in [2.45, 2.75) is 13.8 Å². The molecule has 1 N–H and O–H groups in total. The van der Waals surface area contributed by atoms with Crippen LogP contribution in [0.25, 0.3) is 6.08 Å². The van der Waals surface area contributed by atoms with E-state index in [1.54, 1.807) is 18.2 Å². The van der Waals surface area contributed by atoms with Gasteiger partial charge in [-0.3, -0.25) is 4.79 Å². The van der Waals surface area contributed by atoms with E-state index in [9.17, 15) is 4.79 Å². The van der Waals surface area contributed by atoms with Gasteiger partial charge in [0.15, 0.2) is 6.61 Å². The number of anilines is 2. The highest BCUT2D eigenvalue weighted by Crippen LogP contribution is 2.18. The number of carbonyl (C=O) groups excluding carboxylic acids is 1. The van der Waals surface area contributed by atoms with Crippen molar-refractivity contribution in [1.29, 1.82) is 5.26 Å². The molecule has 0 saturated carbocycles. The molecule has 0 spiro atoms. The van der Waals surface area contributed by atoms with E-state index in [4.69, 9.17) is 10.00 Å². The summed E-state index contributed by atoms with van der Waals surface area (Å²) in [5.74, 6) is 0.437. The predicted octanol–water partition coefficient (Wildman–Crippen LogP) is 4.09. The molecule has 0 bridgehead atoms. The molecule has 0 radical (unpaired) electrons. The maximum Gasteiger partial charge on any atom is 0.248 e. The van der Waals surface area contributed by atoms with Crippen molar-refractivity contribution < 1.29 is 9.53 Å². The van der Waals surface area contributed by atoms with E-state index in [1.807, 2.05) is 42.5 Å². The van der Waals surface area contributed by atoms with Gasteiger partial charge in [-0.2, -0.15) is 5.26 Å². The smallest absolute Gasteiger partial charge is 0.248 e. The topological polar surface area (TPSA) is 65.4 Å². The van der Waals surface area contributed by atoms with Crippen LogP contribution in [0, 0.1) is 11.3 Å². The number of amides is 1. The molecule has 0 heterocycles. The van der Waals surface area contributed by atoms with Crippen molar-refractivity contribution in [3.63, 3.8) is 0 Å². The lowest BCUT2D eigenvalue weighted by atomic mass is 10.2. The fourth-order valence-electron chi connectivity index (χ4n) is 2.49. The molecule has 0 fully saturated rings. The fraction of sp³-hybridized carbons (Fsp3) is 0.238. The van der Waals surface area contributed by atoms with Gasteiger partial charge in [0, 0.05) is 30.5 Å². The number of ether oxygens (including phenoxy) is 1. The van der Waals surface area contributed by atoms with Crippen molar-refractivity contribution in [2.24, 2.45) is 0 Å². The summed E-state index contributed by atoms with van der Waals surface area (Å²) in [5.41, 5.74) is 2.78. The summed E-state index contributed by atoms with van der Waals surface area (Å²) >= 11 is 0. The molecule has 0 saturated heterocycles. The summed E-state index contributed by atoms with van der Waals surface area (Å²) in [6, 6.07) is 16.9. The van der Waals surface area contributed by atoms with E-state index in [0.717, 1.165) is 30.0 Å². The zero-order chi connectivity index (χ0) is 18.8. The summed E-state index contributed by atoms with van der Waals surface area (Å²) in [6.07, 6.45) is 3.22. The third kappa shape index (κ3) is 5.67. The molecule has 2 rings (SSSR count). The van der Waals surface area contributed by atoms with Crippen LogP contribution in [-0.2, 0) is 4.79 Å². The second-order valence-electron chi connectivity index (χ2n) is 5.56. The molecule has 2 aromatic carbocycles. The minimum atomic E-state index is -0.189. The Kier molecular flexibility index (Phi) is 7.26. The van der Waals surface area contributed by atoms with Gasteiger partial charge in [-0.1, -0.05) is 12.1 Å². The van der Waals surface area contributed by atoms with E-state index < -0.39 is 0 Å². The van der Waals surface area contributed by atoms with Gasteiger partial charge >= 0.3 is 0 Å². The highest BCUT2D eigenvalue weighted by Gasteiger charge is 2.03. The van der Waals surface area contributed by atoms with Gasteiger partial charge in [0.1, 0.15) is 11.8 Å². The molecule has 0 atom stereocenters. The van der Waals surface area contributed by atoms with Gasteiger partial charge in [-0.05, 0) is 61.9 Å². The van der Waals surface area contributed by atoms with Crippen LogP contribution in [0.15, 0.2) is 54.6 Å². The molecule has 5 heteroatoms. The van der Waals surface area contributed by atoms with Gasteiger partial charge in [-0.25, -0.2) is 0 Å². The zero-order valence-electron chi connectivity index (χ0n) is 15.1. The number of benzene rings is 2. The SMILES string of the molecule is CCN(CC)c1ccc(NC(=O)/C=C/c2ccc(OCC#N)cc2)cc1. The van der Waals surface area contributed by atoms with Crippen LogP contribution in [0.5, 0.6) is 5.75 Å². The predicted molar refractivity (Wildman–Crippen MR) is 105 cm³/mol. The number of rotatable bonds is 8. The zero-order valence-corrected chi connectivity index (χ0v) is 15.1. The molecule has 134 valence electrons. The van der Waals surface area contributed by atoms with Crippen LogP contribution in [0.2, 0.25) is 0 Å². The molecule has 0 aliphatic rings. The molecule has 0 unspecified atom stereocenters. The third-order valence-corrected chi connectivity index (χ3v) is 3.87. The summed E-state index contributed by atoms with van der Waals surface area (Å²) in [4.78, 5) is 14.3. The van der Waals surface area contributed by atoms with Crippen LogP contribution in [-0.4, -0.2) is 25.6 Å². The van der Waals surface area contributed by atoms with Crippen molar-refractivity contribution >= 4 is 23.4 Å². The van der Waals surface area contributed by atoms with Crippen LogP contribution >= 0.6 is 0 Å². The van der Waals surface area contributed by atoms with Crippen molar-refractivity contribution in [2.75, 3.05) is 29.9 Å². The second-order valence-corrected chi connectivity index (χ2v) is 5.56. The average molecular weight is 349 g/mol. The Hall–Kier alpha value is -3.26. The molecule has 0 aliphatic heterocycles. The number of hydrogen-bond donors (Lipinski definition) is 1. The lowest BCUT2D eigenvalue weighted by molar-refractivity contribution is -0.111. The molecule has 0 aliphatic carbocycles. The maximum atomic E-state index is 12.1. The molecule has 26 heavy (non-hydrogen) atoms. The summed E-state index contributed by atoms with van der Waals surface area (Å²) in [5, 5.41) is 11.3. The summed E-state index contributed by atoms with van der Waals surface area (Å²) < 4.78 is 5.19. The van der Waals surface area contributed by atoms with E-state index in [0.29, 0.717) is 5.75 Å². The molecule has 0 aromatic heterocycles.